The number of alkyl halides is 3. The molecule has 0 fully saturated rings. The zero-order valence-electron chi connectivity index (χ0n) is 12.9. The van der Waals surface area contributed by atoms with Crippen molar-refractivity contribution < 1.29 is 17.6 Å². The van der Waals surface area contributed by atoms with Gasteiger partial charge in [0.1, 0.15) is 5.82 Å². The Labute approximate surface area is 137 Å². The number of rotatable bonds is 3. The van der Waals surface area contributed by atoms with E-state index in [1.54, 1.807) is 0 Å². The quantitative estimate of drug-likeness (QED) is 0.620. The molecule has 1 aromatic heterocycles. The monoisotopic (exact) mass is 363 g/mol. The first-order chi connectivity index (χ1) is 11.0. The van der Waals surface area contributed by atoms with E-state index in [0.717, 1.165) is 21.4 Å². The maximum absolute atomic E-state index is 14.2. The molecule has 10 heteroatoms. The zero-order chi connectivity index (χ0) is 18.2. The molecule has 0 spiro atoms. The number of hydrogen-bond acceptors (Lipinski definition) is 4. The van der Waals surface area contributed by atoms with Crippen molar-refractivity contribution in [3.63, 3.8) is 0 Å². The van der Waals surface area contributed by atoms with Gasteiger partial charge in [0.2, 0.25) is 0 Å². The van der Waals surface area contributed by atoms with Gasteiger partial charge in [0.15, 0.2) is 5.69 Å². The van der Waals surface area contributed by atoms with E-state index in [1.807, 2.05) is 0 Å². The highest BCUT2D eigenvalue weighted by Gasteiger charge is 2.28. The van der Waals surface area contributed by atoms with E-state index in [4.69, 9.17) is 0 Å². The topological polar surface area (TPSA) is 56.9 Å². The lowest BCUT2D eigenvalue weighted by atomic mass is 10.1. The molecule has 130 valence electrons. The summed E-state index contributed by atoms with van der Waals surface area (Å²) >= 11 is 0.492. The molecular formula is C14H13F4N3O2S. The van der Waals surface area contributed by atoms with Crippen molar-refractivity contribution in [1.29, 1.82) is 0 Å². The summed E-state index contributed by atoms with van der Waals surface area (Å²) in [6, 6.07) is 2.19. The molecular weight excluding hydrogens is 350 g/mol. The minimum atomic E-state index is -4.38. The number of aromatic nitrogens is 3. The first-order valence-electron chi connectivity index (χ1n) is 6.65. The van der Waals surface area contributed by atoms with E-state index in [1.165, 1.54) is 21.0 Å². The highest BCUT2D eigenvalue weighted by Crippen LogP contribution is 2.32. The smallest absolute Gasteiger partial charge is 0.267 e. The third-order valence-corrected chi connectivity index (χ3v) is 4.45. The van der Waals surface area contributed by atoms with E-state index in [9.17, 15) is 27.2 Å². The number of hydrogen-bond donors (Lipinski definition) is 0. The van der Waals surface area contributed by atoms with Gasteiger partial charge in [0.05, 0.1) is 5.75 Å². The second-order valence-corrected chi connectivity index (χ2v) is 6.14. The van der Waals surface area contributed by atoms with Crippen LogP contribution in [0.5, 0.6) is 0 Å². The van der Waals surface area contributed by atoms with Crippen LogP contribution >= 0.6 is 11.8 Å². The standard InChI is InChI=1S/C14H13F4N3O2S/c1-7-4-9(15)8(5-10(7)24-6-14(16,17)18)11-12(22)20(2)13(23)21(3)19-11/h4-5H,6H2,1-3H3. The van der Waals surface area contributed by atoms with Gasteiger partial charge in [-0.05, 0) is 24.6 Å². The van der Waals surface area contributed by atoms with Crippen LogP contribution < -0.4 is 11.2 Å². The van der Waals surface area contributed by atoms with E-state index in [0.29, 0.717) is 17.3 Å². The van der Waals surface area contributed by atoms with Crippen molar-refractivity contribution in [1.82, 2.24) is 14.3 Å². The maximum Gasteiger partial charge on any atom is 0.398 e. The lowest BCUT2D eigenvalue weighted by Crippen LogP contribution is -2.39. The van der Waals surface area contributed by atoms with Crippen molar-refractivity contribution >= 4 is 11.8 Å². The SMILES string of the molecule is Cc1cc(F)c(-c2nn(C)c(=O)n(C)c2=O)cc1SCC(F)(F)F. The van der Waals surface area contributed by atoms with Crippen molar-refractivity contribution in [3.8, 4) is 11.3 Å². The van der Waals surface area contributed by atoms with Crippen LogP contribution in [0.4, 0.5) is 17.6 Å². The third kappa shape index (κ3) is 3.69. The molecule has 0 saturated carbocycles. The molecule has 1 aromatic carbocycles. The second kappa shape index (κ2) is 6.42. The average Bonchev–Trinajstić information content (AvgIpc) is 2.47. The first kappa shape index (κ1) is 18.2. The molecule has 2 rings (SSSR count). The van der Waals surface area contributed by atoms with Gasteiger partial charge in [-0.2, -0.15) is 18.3 Å². The minimum absolute atomic E-state index is 0.182. The zero-order valence-corrected chi connectivity index (χ0v) is 13.8. The molecule has 0 unspecified atom stereocenters. The van der Waals surface area contributed by atoms with Crippen LogP contribution in [-0.4, -0.2) is 26.3 Å². The molecule has 5 nitrogen and oxygen atoms in total. The fraction of sp³-hybridized carbons (Fsp3) is 0.357. The summed E-state index contributed by atoms with van der Waals surface area (Å²) < 4.78 is 53.0. The third-order valence-electron chi connectivity index (χ3n) is 3.23. The first-order valence-corrected chi connectivity index (χ1v) is 7.64. The van der Waals surface area contributed by atoms with Crippen LogP contribution in [0.2, 0.25) is 0 Å². The van der Waals surface area contributed by atoms with Gasteiger partial charge in [-0.25, -0.2) is 13.9 Å². The molecule has 0 bridgehead atoms. The van der Waals surface area contributed by atoms with Gasteiger partial charge in [0.25, 0.3) is 5.56 Å². The molecule has 0 atom stereocenters. The summed E-state index contributed by atoms with van der Waals surface area (Å²) in [4.78, 5) is 24.0. The van der Waals surface area contributed by atoms with Crippen LogP contribution in [0.15, 0.2) is 26.6 Å². The number of aryl methyl sites for hydroxylation is 2. The number of nitrogens with zero attached hydrogens (tertiary/aromatic N) is 3. The van der Waals surface area contributed by atoms with Gasteiger partial charge in [-0.1, -0.05) is 0 Å². The molecule has 2 aromatic rings. The number of benzene rings is 1. The Hall–Kier alpha value is -2.10. The average molecular weight is 363 g/mol. The Kier molecular flexibility index (Phi) is 4.88. The molecule has 0 N–H and O–H groups in total. The Balaban J connectivity index is 2.60. The fourth-order valence-electron chi connectivity index (χ4n) is 2.02. The predicted molar refractivity (Wildman–Crippen MR) is 81.6 cm³/mol. The van der Waals surface area contributed by atoms with Crippen LogP contribution in [0.25, 0.3) is 11.3 Å². The van der Waals surface area contributed by atoms with Gasteiger partial charge in [-0.3, -0.25) is 9.36 Å². The summed E-state index contributed by atoms with van der Waals surface area (Å²) in [7, 11) is 2.50. The second-order valence-electron chi connectivity index (χ2n) is 5.12. The van der Waals surface area contributed by atoms with E-state index < -0.39 is 29.0 Å². The summed E-state index contributed by atoms with van der Waals surface area (Å²) in [5.74, 6) is -1.94. The molecule has 0 radical (unpaired) electrons. The summed E-state index contributed by atoms with van der Waals surface area (Å²) in [5.41, 5.74) is -1.80. The largest absolute Gasteiger partial charge is 0.398 e. The summed E-state index contributed by atoms with van der Waals surface area (Å²) in [6.45, 7) is 1.47. The van der Waals surface area contributed by atoms with Crippen LogP contribution in [0.3, 0.4) is 0 Å². The minimum Gasteiger partial charge on any atom is -0.267 e. The molecule has 0 aliphatic carbocycles. The Bertz CT molecular complexity index is 903. The fourth-order valence-corrected chi connectivity index (χ4v) is 2.82. The van der Waals surface area contributed by atoms with Crippen LogP contribution in [-0.2, 0) is 14.1 Å². The molecule has 24 heavy (non-hydrogen) atoms. The van der Waals surface area contributed by atoms with E-state index >= 15 is 0 Å². The van der Waals surface area contributed by atoms with Gasteiger partial charge in [0, 0.05) is 24.6 Å². The maximum atomic E-state index is 14.2. The highest BCUT2D eigenvalue weighted by atomic mass is 32.2. The molecule has 0 saturated heterocycles. The van der Waals surface area contributed by atoms with Crippen molar-refractivity contribution in [2.45, 2.75) is 18.0 Å². The molecule has 0 amide bonds. The lowest BCUT2D eigenvalue weighted by Gasteiger charge is -2.12. The Morgan fingerprint density at radius 1 is 1.21 bits per heavy atom. The highest BCUT2D eigenvalue weighted by molar-refractivity contribution is 7.99. The van der Waals surface area contributed by atoms with E-state index in [-0.39, 0.29) is 16.2 Å². The normalized spacial score (nSPS) is 11.8. The van der Waals surface area contributed by atoms with Gasteiger partial charge < -0.3 is 0 Å². The molecule has 0 aliphatic heterocycles. The van der Waals surface area contributed by atoms with Crippen LogP contribution in [0.1, 0.15) is 5.56 Å². The number of thioether (sulfide) groups is 1. The lowest BCUT2D eigenvalue weighted by molar-refractivity contribution is -0.105. The Morgan fingerprint density at radius 3 is 2.42 bits per heavy atom. The molecule has 1 heterocycles. The van der Waals surface area contributed by atoms with Gasteiger partial charge >= 0.3 is 11.9 Å². The van der Waals surface area contributed by atoms with E-state index in [2.05, 4.69) is 5.10 Å². The van der Waals surface area contributed by atoms with Crippen LogP contribution in [0, 0.1) is 12.7 Å². The van der Waals surface area contributed by atoms with Crippen molar-refractivity contribution in [2.75, 3.05) is 5.75 Å². The summed E-state index contributed by atoms with van der Waals surface area (Å²) in [5, 5.41) is 3.74. The number of halogens is 4. The van der Waals surface area contributed by atoms with Crippen molar-refractivity contribution in [2.24, 2.45) is 14.1 Å². The predicted octanol–water partition coefficient (Wildman–Crippen LogP) is 2.25. The Morgan fingerprint density at radius 2 is 1.83 bits per heavy atom. The molecule has 0 aliphatic rings. The van der Waals surface area contributed by atoms with Crippen molar-refractivity contribution in [3.05, 3.63) is 44.4 Å². The summed E-state index contributed by atoms with van der Waals surface area (Å²) in [6.07, 6.45) is -4.38. The van der Waals surface area contributed by atoms with Gasteiger partial charge in [-0.15, -0.1) is 11.8 Å².